The molecule has 46 valence electrons. The van der Waals surface area contributed by atoms with Gasteiger partial charge in [0.2, 0.25) is 0 Å². The van der Waals surface area contributed by atoms with Gasteiger partial charge in [0.25, 0.3) is 0 Å². The molecule has 0 unspecified atom stereocenters. The fourth-order valence-corrected chi connectivity index (χ4v) is 1.94. The van der Waals surface area contributed by atoms with Gasteiger partial charge >= 0.3 is 0 Å². The SMILES string of the molecule is c1cc2ccc1CCS2. The molecular formula is C8H8S. The minimum absolute atomic E-state index is 1.24. The second kappa shape index (κ2) is 2.07. The molecule has 0 saturated heterocycles. The zero-order chi connectivity index (χ0) is 6.10. The van der Waals surface area contributed by atoms with Crippen LogP contribution in [0.5, 0.6) is 0 Å². The Bertz CT molecular complexity index is 177. The zero-order valence-corrected chi connectivity index (χ0v) is 5.95. The molecule has 0 spiro atoms. The van der Waals surface area contributed by atoms with E-state index in [9.17, 15) is 0 Å². The van der Waals surface area contributed by atoms with Gasteiger partial charge in [0, 0.05) is 10.6 Å². The molecule has 2 heterocycles. The molecule has 1 aromatic rings. The van der Waals surface area contributed by atoms with Gasteiger partial charge < -0.3 is 0 Å². The van der Waals surface area contributed by atoms with Crippen LogP contribution in [-0.4, -0.2) is 5.75 Å². The van der Waals surface area contributed by atoms with E-state index in [-0.39, 0.29) is 0 Å². The molecule has 2 aliphatic heterocycles. The van der Waals surface area contributed by atoms with Gasteiger partial charge in [-0.25, -0.2) is 0 Å². The lowest BCUT2D eigenvalue weighted by Crippen LogP contribution is -1.80. The van der Waals surface area contributed by atoms with E-state index < -0.39 is 0 Å². The van der Waals surface area contributed by atoms with Crippen LogP contribution >= 0.6 is 11.8 Å². The van der Waals surface area contributed by atoms with E-state index in [1.165, 1.54) is 22.6 Å². The highest BCUT2D eigenvalue weighted by Gasteiger charge is 2.00. The molecular weight excluding hydrogens is 128 g/mol. The summed E-state index contributed by atoms with van der Waals surface area (Å²) in [4.78, 5) is 1.41. The molecule has 1 heteroatoms. The Kier molecular flexibility index (Phi) is 1.23. The summed E-state index contributed by atoms with van der Waals surface area (Å²) < 4.78 is 0. The van der Waals surface area contributed by atoms with Crippen molar-refractivity contribution >= 4 is 11.8 Å². The van der Waals surface area contributed by atoms with Crippen molar-refractivity contribution in [1.82, 2.24) is 0 Å². The van der Waals surface area contributed by atoms with Gasteiger partial charge in [-0.15, -0.1) is 11.8 Å². The molecule has 0 atom stereocenters. The number of thioether (sulfide) groups is 1. The van der Waals surface area contributed by atoms with Gasteiger partial charge in [-0.1, -0.05) is 12.1 Å². The van der Waals surface area contributed by atoms with Crippen LogP contribution in [0.2, 0.25) is 0 Å². The lowest BCUT2D eigenvalue weighted by Gasteiger charge is -1.89. The fourth-order valence-electron chi connectivity index (χ4n) is 1.04. The van der Waals surface area contributed by atoms with Crippen molar-refractivity contribution < 1.29 is 0 Å². The van der Waals surface area contributed by atoms with Crippen LogP contribution in [0.4, 0.5) is 0 Å². The van der Waals surface area contributed by atoms with Crippen LogP contribution in [0.1, 0.15) is 5.56 Å². The first kappa shape index (κ1) is 5.36. The summed E-state index contributed by atoms with van der Waals surface area (Å²) in [6.07, 6.45) is 1.24. The first-order valence-electron chi connectivity index (χ1n) is 3.17. The molecule has 0 saturated carbocycles. The van der Waals surface area contributed by atoms with Crippen molar-refractivity contribution in [1.29, 1.82) is 0 Å². The smallest absolute Gasteiger partial charge is 0.00722 e. The molecule has 2 aliphatic rings. The third kappa shape index (κ3) is 0.969. The van der Waals surface area contributed by atoms with Gasteiger partial charge in [-0.2, -0.15) is 0 Å². The first-order chi connectivity index (χ1) is 4.45. The van der Waals surface area contributed by atoms with E-state index >= 15 is 0 Å². The van der Waals surface area contributed by atoms with Crippen molar-refractivity contribution in [2.24, 2.45) is 0 Å². The topological polar surface area (TPSA) is 0 Å². The lowest BCUT2D eigenvalue weighted by atomic mass is 10.2. The number of aryl methyl sites for hydroxylation is 1. The van der Waals surface area contributed by atoms with Crippen molar-refractivity contribution in [2.45, 2.75) is 11.3 Å². The van der Waals surface area contributed by atoms with Crippen LogP contribution in [0.15, 0.2) is 29.2 Å². The quantitative estimate of drug-likeness (QED) is 0.527. The normalized spacial score (nSPS) is 15.6. The Morgan fingerprint density at radius 2 is 1.89 bits per heavy atom. The second-order valence-corrected chi connectivity index (χ2v) is 3.41. The fraction of sp³-hybridized carbons (Fsp3) is 0.250. The molecule has 0 aliphatic carbocycles. The van der Waals surface area contributed by atoms with Crippen LogP contribution in [0.3, 0.4) is 0 Å². The summed E-state index contributed by atoms with van der Waals surface area (Å²) in [6, 6.07) is 8.84. The van der Waals surface area contributed by atoms with Crippen molar-refractivity contribution in [3.05, 3.63) is 29.8 Å². The predicted molar refractivity (Wildman–Crippen MR) is 40.9 cm³/mol. The molecule has 0 N–H and O–H groups in total. The Morgan fingerprint density at radius 1 is 1.11 bits per heavy atom. The summed E-state index contributed by atoms with van der Waals surface area (Å²) in [5.74, 6) is 1.25. The van der Waals surface area contributed by atoms with Gasteiger partial charge in [0.15, 0.2) is 0 Å². The van der Waals surface area contributed by atoms with E-state index in [0.717, 1.165) is 0 Å². The summed E-state index contributed by atoms with van der Waals surface area (Å²) in [5.41, 5.74) is 1.48. The second-order valence-electron chi connectivity index (χ2n) is 2.24. The summed E-state index contributed by atoms with van der Waals surface area (Å²) in [5, 5.41) is 0. The number of hydrogen-bond donors (Lipinski definition) is 0. The zero-order valence-electron chi connectivity index (χ0n) is 5.13. The maximum Gasteiger partial charge on any atom is 0.00722 e. The first-order valence-corrected chi connectivity index (χ1v) is 4.15. The number of fused-ring (bicyclic) bond motifs is 4. The number of rotatable bonds is 0. The van der Waals surface area contributed by atoms with Crippen molar-refractivity contribution in [3.8, 4) is 0 Å². The molecule has 0 fully saturated rings. The molecule has 2 bridgehead atoms. The molecule has 3 rings (SSSR count). The molecule has 9 heavy (non-hydrogen) atoms. The molecule has 0 nitrogen and oxygen atoms in total. The largest absolute Gasteiger partial charge is 0.126 e. The van der Waals surface area contributed by atoms with Gasteiger partial charge in [0.05, 0.1) is 0 Å². The van der Waals surface area contributed by atoms with E-state index in [0.29, 0.717) is 0 Å². The third-order valence-corrected chi connectivity index (χ3v) is 2.60. The Labute approximate surface area is 59.3 Å². The van der Waals surface area contributed by atoms with Crippen LogP contribution in [0, 0.1) is 0 Å². The van der Waals surface area contributed by atoms with Crippen LogP contribution in [-0.2, 0) is 6.42 Å². The standard InChI is InChI=1S/C8H8S/c1-3-8-4-2-7(1)5-6-9-8/h1-4H,5-6H2. The maximum atomic E-state index is 2.22. The lowest BCUT2D eigenvalue weighted by molar-refractivity contribution is 1.17. The summed E-state index contributed by atoms with van der Waals surface area (Å²) in [6.45, 7) is 0. The van der Waals surface area contributed by atoms with Gasteiger partial charge in [0.1, 0.15) is 0 Å². The van der Waals surface area contributed by atoms with Crippen molar-refractivity contribution in [2.75, 3.05) is 5.75 Å². The van der Waals surface area contributed by atoms with E-state index in [4.69, 9.17) is 0 Å². The Balaban J connectivity index is 2.53. The van der Waals surface area contributed by atoms with Gasteiger partial charge in [-0.05, 0) is 24.1 Å². The van der Waals surface area contributed by atoms with Crippen LogP contribution in [0.25, 0.3) is 0 Å². The van der Waals surface area contributed by atoms with E-state index in [2.05, 4.69) is 24.3 Å². The minimum atomic E-state index is 1.24. The highest BCUT2D eigenvalue weighted by atomic mass is 32.2. The van der Waals surface area contributed by atoms with Crippen LogP contribution < -0.4 is 0 Å². The Morgan fingerprint density at radius 3 is 2.67 bits per heavy atom. The Hall–Kier alpha value is -0.430. The molecule has 0 amide bonds. The number of hydrogen-bond acceptors (Lipinski definition) is 1. The van der Waals surface area contributed by atoms with Crippen molar-refractivity contribution in [3.63, 3.8) is 0 Å². The van der Waals surface area contributed by atoms with Gasteiger partial charge in [-0.3, -0.25) is 0 Å². The van der Waals surface area contributed by atoms with E-state index in [1.807, 2.05) is 11.8 Å². The summed E-state index contributed by atoms with van der Waals surface area (Å²) in [7, 11) is 0. The molecule has 1 aromatic carbocycles. The predicted octanol–water partition coefficient (Wildman–Crippen LogP) is 2.33. The number of benzene rings is 1. The highest BCUT2D eigenvalue weighted by molar-refractivity contribution is 7.99. The average Bonchev–Trinajstić information content (AvgIpc) is 2.21. The maximum absolute atomic E-state index is 2.22. The van der Waals surface area contributed by atoms with E-state index in [1.54, 1.807) is 0 Å². The summed E-state index contributed by atoms with van der Waals surface area (Å²) >= 11 is 1.95. The third-order valence-electron chi connectivity index (χ3n) is 1.58. The molecule has 0 aromatic heterocycles. The molecule has 0 radical (unpaired) electrons. The minimum Gasteiger partial charge on any atom is -0.126 e. The monoisotopic (exact) mass is 136 g/mol. The highest BCUT2D eigenvalue weighted by Crippen LogP contribution is 2.23. The average molecular weight is 136 g/mol.